The molecule has 0 bridgehead atoms. The van der Waals surface area contributed by atoms with Gasteiger partial charge in [0.2, 0.25) is 0 Å². The fourth-order valence-electron chi connectivity index (χ4n) is 2.32. The van der Waals surface area contributed by atoms with Gasteiger partial charge in [-0.1, -0.05) is 30.3 Å². The molecule has 0 aliphatic rings. The van der Waals surface area contributed by atoms with Crippen molar-refractivity contribution in [3.05, 3.63) is 60.2 Å². The monoisotopic (exact) mass is 252 g/mol. The number of rotatable bonds is 3. The van der Waals surface area contributed by atoms with Crippen molar-refractivity contribution >= 4 is 16.7 Å². The third-order valence-corrected chi connectivity index (χ3v) is 3.34. The number of hydrogen-bond donors (Lipinski definition) is 1. The summed E-state index contributed by atoms with van der Waals surface area (Å²) in [5.41, 5.74) is 8.46. The molecule has 0 fully saturated rings. The van der Waals surface area contributed by atoms with Crippen LogP contribution in [0.15, 0.2) is 54.6 Å². The number of para-hydroxylation sites is 1. The third-order valence-electron chi connectivity index (χ3n) is 3.34. The topological polar surface area (TPSA) is 40.2 Å². The molecule has 0 unspecified atom stereocenters. The molecule has 0 aliphatic carbocycles. The van der Waals surface area contributed by atoms with Crippen LogP contribution in [0.4, 0.5) is 5.82 Å². The summed E-state index contributed by atoms with van der Waals surface area (Å²) in [7, 11) is 1.67. The van der Waals surface area contributed by atoms with Crippen molar-refractivity contribution in [2.75, 3.05) is 12.8 Å². The predicted octanol–water partition coefficient (Wildman–Crippen LogP) is 3.28. The average Bonchev–Trinajstić information content (AvgIpc) is 2.76. The standard InChI is InChI=1S/C16H16N2O/c1-19-14-8-6-12(7-9-14)11-18-15-5-3-2-4-13(15)10-16(18)17/h2-10H,11,17H2,1H3. The highest BCUT2D eigenvalue weighted by Crippen LogP contribution is 2.23. The molecule has 0 amide bonds. The number of hydrogen-bond acceptors (Lipinski definition) is 2. The minimum Gasteiger partial charge on any atom is -0.497 e. The van der Waals surface area contributed by atoms with Crippen LogP contribution in [-0.2, 0) is 6.54 Å². The molecule has 2 N–H and O–H groups in total. The molecule has 0 saturated carbocycles. The number of anilines is 1. The molecule has 2 aromatic carbocycles. The van der Waals surface area contributed by atoms with Crippen molar-refractivity contribution in [2.24, 2.45) is 0 Å². The summed E-state index contributed by atoms with van der Waals surface area (Å²) >= 11 is 0. The van der Waals surface area contributed by atoms with Crippen LogP contribution in [0.2, 0.25) is 0 Å². The lowest BCUT2D eigenvalue weighted by Crippen LogP contribution is -2.03. The number of ether oxygens (including phenoxy) is 1. The normalized spacial score (nSPS) is 10.8. The minimum absolute atomic E-state index is 0.767. The molecule has 0 saturated heterocycles. The Morgan fingerprint density at radius 1 is 1.05 bits per heavy atom. The zero-order valence-corrected chi connectivity index (χ0v) is 10.8. The van der Waals surface area contributed by atoms with E-state index in [1.54, 1.807) is 7.11 Å². The van der Waals surface area contributed by atoms with Crippen LogP contribution in [0.3, 0.4) is 0 Å². The van der Waals surface area contributed by atoms with Gasteiger partial charge in [-0.05, 0) is 29.8 Å². The Morgan fingerprint density at radius 3 is 2.53 bits per heavy atom. The van der Waals surface area contributed by atoms with Crippen LogP contribution in [0.5, 0.6) is 5.75 Å². The summed E-state index contributed by atoms with van der Waals surface area (Å²) in [6, 6.07) is 18.3. The molecule has 3 rings (SSSR count). The van der Waals surface area contributed by atoms with E-state index in [9.17, 15) is 0 Å². The quantitative estimate of drug-likeness (QED) is 0.777. The third kappa shape index (κ3) is 2.15. The summed E-state index contributed by atoms with van der Waals surface area (Å²) in [6.07, 6.45) is 0. The van der Waals surface area contributed by atoms with E-state index in [2.05, 4.69) is 28.8 Å². The van der Waals surface area contributed by atoms with Crippen LogP contribution >= 0.6 is 0 Å². The van der Waals surface area contributed by atoms with Crippen LogP contribution < -0.4 is 10.5 Å². The van der Waals surface area contributed by atoms with Gasteiger partial charge in [0, 0.05) is 11.9 Å². The largest absolute Gasteiger partial charge is 0.497 e. The molecule has 0 radical (unpaired) electrons. The molecule has 19 heavy (non-hydrogen) atoms. The van der Waals surface area contributed by atoms with Crippen LogP contribution in [-0.4, -0.2) is 11.7 Å². The Labute approximate surface area is 112 Å². The number of methoxy groups -OCH3 is 1. The number of nitrogens with zero attached hydrogens (tertiary/aromatic N) is 1. The first-order valence-electron chi connectivity index (χ1n) is 6.24. The first-order valence-corrected chi connectivity index (χ1v) is 6.24. The zero-order valence-electron chi connectivity index (χ0n) is 10.8. The predicted molar refractivity (Wildman–Crippen MR) is 78.4 cm³/mol. The number of benzene rings is 2. The molecule has 3 nitrogen and oxygen atoms in total. The van der Waals surface area contributed by atoms with Crippen molar-refractivity contribution in [1.29, 1.82) is 0 Å². The zero-order chi connectivity index (χ0) is 13.2. The van der Waals surface area contributed by atoms with Gasteiger partial charge in [-0.25, -0.2) is 0 Å². The molecule has 3 aromatic rings. The molecule has 0 spiro atoms. The maximum Gasteiger partial charge on any atom is 0.118 e. The van der Waals surface area contributed by atoms with Crippen molar-refractivity contribution in [2.45, 2.75) is 6.54 Å². The maximum absolute atomic E-state index is 6.10. The second kappa shape index (κ2) is 4.69. The second-order valence-electron chi connectivity index (χ2n) is 4.56. The molecule has 0 aliphatic heterocycles. The van der Waals surface area contributed by atoms with Crippen molar-refractivity contribution in [3.63, 3.8) is 0 Å². The van der Waals surface area contributed by atoms with E-state index >= 15 is 0 Å². The highest BCUT2D eigenvalue weighted by atomic mass is 16.5. The lowest BCUT2D eigenvalue weighted by molar-refractivity contribution is 0.414. The van der Waals surface area contributed by atoms with E-state index in [0.717, 1.165) is 23.6 Å². The Kier molecular flexibility index (Phi) is 2.88. The summed E-state index contributed by atoms with van der Waals surface area (Å²) in [5.74, 6) is 1.66. The Hall–Kier alpha value is -2.42. The molecule has 1 aromatic heterocycles. The van der Waals surface area contributed by atoms with Crippen molar-refractivity contribution in [3.8, 4) is 5.75 Å². The van der Waals surface area contributed by atoms with Gasteiger partial charge >= 0.3 is 0 Å². The van der Waals surface area contributed by atoms with E-state index in [1.807, 2.05) is 30.3 Å². The number of nitrogen functional groups attached to an aromatic ring is 1. The summed E-state index contributed by atoms with van der Waals surface area (Å²) in [5, 5.41) is 1.17. The van der Waals surface area contributed by atoms with Gasteiger partial charge in [0.05, 0.1) is 12.6 Å². The highest BCUT2D eigenvalue weighted by Gasteiger charge is 2.06. The van der Waals surface area contributed by atoms with Gasteiger partial charge in [-0.3, -0.25) is 0 Å². The molecule has 96 valence electrons. The summed E-state index contributed by atoms with van der Waals surface area (Å²) < 4.78 is 7.29. The van der Waals surface area contributed by atoms with Gasteiger partial charge < -0.3 is 15.0 Å². The van der Waals surface area contributed by atoms with E-state index < -0.39 is 0 Å². The molecular weight excluding hydrogens is 236 g/mol. The van der Waals surface area contributed by atoms with Crippen molar-refractivity contribution in [1.82, 2.24) is 4.57 Å². The Bertz CT molecular complexity index is 698. The Morgan fingerprint density at radius 2 is 1.79 bits per heavy atom. The summed E-state index contributed by atoms with van der Waals surface area (Å²) in [4.78, 5) is 0. The van der Waals surface area contributed by atoms with E-state index in [-0.39, 0.29) is 0 Å². The number of nitrogens with two attached hydrogens (primary N) is 1. The summed E-state index contributed by atoms with van der Waals surface area (Å²) in [6.45, 7) is 0.767. The molecule has 1 heterocycles. The van der Waals surface area contributed by atoms with Crippen LogP contribution in [0.1, 0.15) is 5.56 Å². The first-order chi connectivity index (χ1) is 9.28. The lowest BCUT2D eigenvalue weighted by atomic mass is 10.2. The fourth-order valence-corrected chi connectivity index (χ4v) is 2.32. The van der Waals surface area contributed by atoms with Gasteiger partial charge in [0.15, 0.2) is 0 Å². The highest BCUT2D eigenvalue weighted by molar-refractivity contribution is 5.84. The average molecular weight is 252 g/mol. The van der Waals surface area contributed by atoms with Crippen LogP contribution in [0.25, 0.3) is 10.9 Å². The SMILES string of the molecule is COc1ccc(Cn2c(N)cc3ccccc32)cc1. The van der Waals surface area contributed by atoms with E-state index in [4.69, 9.17) is 10.5 Å². The van der Waals surface area contributed by atoms with Gasteiger partial charge in [-0.2, -0.15) is 0 Å². The second-order valence-corrected chi connectivity index (χ2v) is 4.56. The molecular formula is C16H16N2O. The lowest BCUT2D eigenvalue weighted by Gasteiger charge is -2.09. The van der Waals surface area contributed by atoms with Gasteiger partial charge in [0.25, 0.3) is 0 Å². The molecule has 3 heteroatoms. The van der Waals surface area contributed by atoms with Crippen molar-refractivity contribution < 1.29 is 4.74 Å². The number of fused-ring (bicyclic) bond motifs is 1. The van der Waals surface area contributed by atoms with E-state index in [1.165, 1.54) is 10.9 Å². The van der Waals surface area contributed by atoms with E-state index in [0.29, 0.717) is 0 Å². The smallest absolute Gasteiger partial charge is 0.118 e. The maximum atomic E-state index is 6.10. The van der Waals surface area contributed by atoms with Crippen LogP contribution in [0, 0.1) is 0 Å². The van der Waals surface area contributed by atoms with Gasteiger partial charge in [-0.15, -0.1) is 0 Å². The van der Waals surface area contributed by atoms with Gasteiger partial charge in [0.1, 0.15) is 11.6 Å². The molecule has 0 atom stereocenters. The Balaban J connectivity index is 1.98. The minimum atomic E-state index is 0.767. The first kappa shape index (κ1) is 11.7. The number of aromatic nitrogens is 1. The fraction of sp³-hybridized carbons (Fsp3) is 0.125.